The van der Waals surface area contributed by atoms with Crippen LogP contribution in [0.3, 0.4) is 0 Å². The molecule has 0 heterocycles. The third-order valence-electron chi connectivity index (χ3n) is 3.98. The smallest absolute Gasteiger partial charge is 0.169 e. The van der Waals surface area contributed by atoms with E-state index in [2.05, 4.69) is 15.9 Å². The van der Waals surface area contributed by atoms with Crippen molar-refractivity contribution >= 4 is 21.7 Å². The van der Waals surface area contributed by atoms with Crippen molar-refractivity contribution in [3.05, 3.63) is 28.2 Å². The number of Topliss-reactive ketones (excluding diaryl/α,β-unsaturated/α-hetero) is 1. The van der Waals surface area contributed by atoms with E-state index in [1.807, 2.05) is 25.1 Å². The zero-order valence-corrected chi connectivity index (χ0v) is 13.7. The third-order valence-corrected chi connectivity index (χ3v) is 4.48. The van der Waals surface area contributed by atoms with Gasteiger partial charge in [-0.15, -0.1) is 0 Å². The van der Waals surface area contributed by atoms with Gasteiger partial charge in [-0.25, -0.2) is 0 Å². The van der Waals surface area contributed by atoms with Crippen LogP contribution in [0.4, 0.5) is 0 Å². The highest BCUT2D eigenvalue weighted by molar-refractivity contribution is 9.10. The molecule has 2 nitrogen and oxygen atoms in total. The summed E-state index contributed by atoms with van der Waals surface area (Å²) in [7, 11) is 0. The molecule has 0 N–H and O–H groups in total. The summed E-state index contributed by atoms with van der Waals surface area (Å²) in [4.78, 5) is 12.8. The Morgan fingerprint density at radius 2 is 1.85 bits per heavy atom. The van der Waals surface area contributed by atoms with Crippen LogP contribution in [-0.2, 0) is 0 Å². The molecule has 1 saturated carbocycles. The van der Waals surface area contributed by atoms with Crippen LogP contribution in [0.5, 0.6) is 5.75 Å². The molecule has 1 fully saturated rings. The highest BCUT2D eigenvalue weighted by Gasteiger charge is 2.23. The predicted octanol–water partition coefficient (Wildman–Crippen LogP) is 5.39. The van der Waals surface area contributed by atoms with E-state index in [9.17, 15) is 4.79 Å². The van der Waals surface area contributed by atoms with Gasteiger partial charge in [0.1, 0.15) is 5.75 Å². The second kappa shape index (κ2) is 7.82. The maximum absolute atomic E-state index is 12.8. The maximum Gasteiger partial charge on any atom is 0.169 e. The van der Waals surface area contributed by atoms with E-state index in [4.69, 9.17) is 4.74 Å². The predicted molar refractivity (Wildman–Crippen MR) is 85.5 cm³/mol. The fourth-order valence-corrected chi connectivity index (χ4v) is 3.28. The molecule has 20 heavy (non-hydrogen) atoms. The number of benzene rings is 1. The van der Waals surface area contributed by atoms with E-state index in [0.717, 1.165) is 28.6 Å². The minimum atomic E-state index is 0.170. The lowest BCUT2D eigenvalue weighted by Gasteiger charge is -2.20. The summed E-state index contributed by atoms with van der Waals surface area (Å²) >= 11 is 3.46. The Labute approximate surface area is 130 Å². The quantitative estimate of drug-likeness (QED) is 0.688. The molecule has 0 spiro atoms. The fraction of sp³-hybridized carbons (Fsp3) is 0.588. The third kappa shape index (κ3) is 4.08. The lowest BCUT2D eigenvalue weighted by atomic mass is 9.85. The van der Waals surface area contributed by atoms with E-state index in [1.54, 1.807) is 0 Å². The summed E-state index contributed by atoms with van der Waals surface area (Å²) in [5.74, 6) is 1.16. The van der Waals surface area contributed by atoms with Gasteiger partial charge in [-0.1, -0.05) is 48.0 Å². The average Bonchev–Trinajstić information content (AvgIpc) is 2.40. The number of halogens is 1. The van der Waals surface area contributed by atoms with Crippen LogP contribution in [0.15, 0.2) is 22.7 Å². The van der Waals surface area contributed by atoms with Crippen molar-refractivity contribution in [2.24, 2.45) is 5.92 Å². The number of ether oxygens (including phenoxy) is 1. The van der Waals surface area contributed by atoms with Crippen molar-refractivity contribution in [1.82, 2.24) is 0 Å². The normalized spacial score (nSPS) is 17.3. The average molecular weight is 339 g/mol. The maximum atomic E-state index is 12.8. The van der Waals surface area contributed by atoms with Crippen LogP contribution in [-0.4, -0.2) is 12.4 Å². The molecule has 0 unspecified atom stereocenters. The molecule has 1 aromatic carbocycles. The Balaban J connectivity index is 2.19. The number of carbonyl (C=O) groups excluding carboxylic acids is 1. The molecular weight excluding hydrogens is 316 g/mol. The summed E-state index contributed by atoms with van der Waals surface area (Å²) in [5, 5.41) is 0. The molecule has 110 valence electrons. The van der Waals surface area contributed by atoms with Gasteiger partial charge < -0.3 is 4.74 Å². The Morgan fingerprint density at radius 3 is 2.50 bits per heavy atom. The van der Waals surface area contributed by atoms with Crippen molar-refractivity contribution in [3.63, 3.8) is 0 Å². The second-order valence-corrected chi connectivity index (χ2v) is 6.40. The summed E-state index contributed by atoms with van der Waals surface area (Å²) in [6, 6.07) is 5.73. The van der Waals surface area contributed by atoms with Crippen molar-refractivity contribution in [3.8, 4) is 5.75 Å². The summed E-state index contributed by atoms with van der Waals surface area (Å²) < 4.78 is 6.56. The minimum Gasteiger partial charge on any atom is -0.493 e. The highest BCUT2D eigenvalue weighted by Crippen LogP contribution is 2.30. The summed E-state index contributed by atoms with van der Waals surface area (Å²) in [6.07, 6.45) is 8.25. The topological polar surface area (TPSA) is 26.3 Å². The molecule has 3 heteroatoms. The Bertz CT molecular complexity index is 448. The monoisotopic (exact) mass is 338 g/mol. The number of hydrogen-bond donors (Lipinski definition) is 0. The van der Waals surface area contributed by atoms with E-state index >= 15 is 0 Å². The first kappa shape index (κ1) is 15.6. The first-order chi connectivity index (χ1) is 9.72. The number of ketones is 1. The fourth-order valence-electron chi connectivity index (χ4n) is 2.91. The molecule has 0 atom stereocenters. The van der Waals surface area contributed by atoms with Crippen LogP contribution < -0.4 is 4.74 Å². The standard InChI is InChI=1S/C17H23BrO2/c1-2-20-16-11-10-14(18)12-15(16)17(19)13-8-6-4-3-5-7-9-13/h10-13H,2-9H2,1H3. The van der Waals surface area contributed by atoms with E-state index in [0.29, 0.717) is 6.61 Å². The van der Waals surface area contributed by atoms with Gasteiger partial charge in [-0.3, -0.25) is 4.79 Å². The van der Waals surface area contributed by atoms with Gasteiger partial charge in [0.15, 0.2) is 5.78 Å². The van der Waals surface area contributed by atoms with Crippen molar-refractivity contribution in [1.29, 1.82) is 0 Å². The van der Waals surface area contributed by atoms with Crippen LogP contribution >= 0.6 is 15.9 Å². The van der Waals surface area contributed by atoms with Gasteiger partial charge >= 0.3 is 0 Å². The molecule has 0 aromatic heterocycles. The minimum absolute atomic E-state index is 0.170. The lowest BCUT2D eigenvalue weighted by molar-refractivity contribution is 0.0894. The first-order valence-corrected chi connectivity index (χ1v) is 8.48. The van der Waals surface area contributed by atoms with Gasteiger partial charge in [0.25, 0.3) is 0 Å². The van der Waals surface area contributed by atoms with Crippen LogP contribution in [0, 0.1) is 5.92 Å². The zero-order valence-electron chi connectivity index (χ0n) is 12.2. The highest BCUT2D eigenvalue weighted by atomic mass is 79.9. The Morgan fingerprint density at radius 1 is 1.20 bits per heavy atom. The Kier molecular flexibility index (Phi) is 6.08. The second-order valence-electron chi connectivity index (χ2n) is 5.48. The summed E-state index contributed by atoms with van der Waals surface area (Å²) in [5.41, 5.74) is 0.742. The zero-order chi connectivity index (χ0) is 14.4. The molecule has 0 aliphatic heterocycles. The molecular formula is C17H23BrO2. The van der Waals surface area contributed by atoms with Gasteiger partial charge in [-0.2, -0.15) is 0 Å². The molecule has 0 radical (unpaired) electrons. The molecule has 1 aliphatic rings. The van der Waals surface area contributed by atoms with Gasteiger partial charge in [0.05, 0.1) is 12.2 Å². The molecule has 1 aromatic rings. The van der Waals surface area contributed by atoms with E-state index < -0.39 is 0 Å². The van der Waals surface area contributed by atoms with Crippen molar-refractivity contribution < 1.29 is 9.53 Å². The van der Waals surface area contributed by atoms with Crippen molar-refractivity contribution in [2.45, 2.75) is 51.9 Å². The number of hydrogen-bond acceptors (Lipinski definition) is 2. The number of rotatable bonds is 4. The van der Waals surface area contributed by atoms with Gasteiger partial charge in [-0.05, 0) is 38.0 Å². The van der Waals surface area contributed by atoms with E-state index in [-0.39, 0.29) is 11.7 Å². The van der Waals surface area contributed by atoms with E-state index in [1.165, 1.54) is 32.1 Å². The first-order valence-electron chi connectivity index (χ1n) is 7.69. The van der Waals surface area contributed by atoms with Crippen LogP contribution in [0.25, 0.3) is 0 Å². The molecule has 0 saturated heterocycles. The largest absolute Gasteiger partial charge is 0.493 e. The molecule has 2 rings (SSSR count). The van der Waals surface area contributed by atoms with Crippen LogP contribution in [0.1, 0.15) is 62.2 Å². The van der Waals surface area contributed by atoms with Crippen LogP contribution in [0.2, 0.25) is 0 Å². The van der Waals surface area contributed by atoms with Gasteiger partial charge in [0, 0.05) is 10.4 Å². The Hall–Kier alpha value is -0.830. The molecule has 1 aliphatic carbocycles. The molecule has 0 bridgehead atoms. The van der Waals surface area contributed by atoms with Gasteiger partial charge in [0.2, 0.25) is 0 Å². The SMILES string of the molecule is CCOc1ccc(Br)cc1C(=O)C1CCCCCCC1. The number of carbonyl (C=O) groups is 1. The lowest BCUT2D eigenvalue weighted by Crippen LogP contribution is -2.17. The summed E-state index contributed by atoms with van der Waals surface area (Å²) in [6.45, 7) is 2.54. The van der Waals surface area contributed by atoms with Crippen molar-refractivity contribution in [2.75, 3.05) is 6.61 Å². The molecule has 0 amide bonds.